The van der Waals surface area contributed by atoms with E-state index in [0.717, 1.165) is 12.8 Å². The lowest BCUT2D eigenvalue weighted by Crippen LogP contribution is -2.39. The zero-order valence-electron chi connectivity index (χ0n) is 14.8. The van der Waals surface area contributed by atoms with Crippen molar-refractivity contribution in [3.8, 4) is 11.8 Å². The summed E-state index contributed by atoms with van der Waals surface area (Å²) in [6, 6.07) is 11.2. The molecule has 1 atom stereocenters. The molecule has 0 saturated carbocycles. The summed E-state index contributed by atoms with van der Waals surface area (Å²) in [5.74, 6) is -0.652. The first-order valence-electron chi connectivity index (χ1n) is 8.90. The highest BCUT2D eigenvalue weighted by molar-refractivity contribution is 5.94. The maximum absolute atomic E-state index is 13.4. The molecular weight excluding hydrogens is 368 g/mol. The first kappa shape index (κ1) is 18.1. The third kappa shape index (κ3) is 4.00. The summed E-state index contributed by atoms with van der Waals surface area (Å²) >= 11 is 0. The molecule has 4 rings (SSSR count). The van der Waals surface area contributed by atoms with Crippen LogP contribution < -0.4 is 4.74 Å². The average molecular weight is 385 g/mol. The van der Waals surface area contributed by atoms with E-state index in [2.05, 4.69) is 10.1 Å². The molecule has 0 spiro atoms. The van der Waals surface area contributed by atoms with Crippen LogP contribution in [0.1, 0.15) is 35.0 Å². The van der Waals surface area contributed by atoms with Crippen molar-refractivity contribution in [3.63, 3.8) is 0 Å². The summed E-state index contributed by atoms with van der Waals surface area (Å²) in [5.41, 5.74) is 0.307. The van der Waals surface area contributed by atoms with E-state index in [1.807, 2.05) is 0 Å². The highest BCUT2D eigenvalue weighted by atomic mass is 19.1. The largest absolute Gasteiger partial charge is 0.422 e. The first-order valence-corrected chi connectivity index (χ1v) is 8.90. The molecule has 8 heteroatoms. The number of hydrogen-bond acceptors (Lipinski definition) is 5. The number of ether oxygens (including phenoxy) is 1. The summed E-state index contributed by atoms with van der Waals surface area (Å²) < 4.78 is 37.3. The second-order valence-corrected chi connectivity index (χ2v) is 6.58. The van der Waals surface area contributed by atoms with Crippen LogP contribution in [0.5, 0.6) is 11.8 Å². The summed E-state index contributed by atoms with van der Waals surface area (Å²) in [7, 11) is 0. The number of amides is 1. The van der Waals surface area contributed by atoms with E-state index in [-0.39, 0.29) is 23.6 Å². The van der Waals surface area contributed by atoms with E-state index >= 15 is 0 Å². The van der Waals surface area contributed by atoms with Gasteiger partial charge in [-0.3, -0.25) is 4.79 Å². The highest BCUT2D eigenvalue weighted by Gasteiger charge is 2.29. The molecule has 0 aliphatic carbocycles. The average Bonchev–Trinajstić information content (AvgIpc) is 3.16. The number of nitrogens with zero attached hydrogens (tertiary/aromatic N) is 3. The van der Waals surface area contributed by atoms with Crippen molar-refractivity contribution >= 4 is 5.91 Å². The number of hydrogen-bond donors (Lipinski definition) is 0. The van der Waals surface area contributed by atoms with Gasteiger partial charge in [-0.05, 0) is 48.3 Å². The maximum Gasteiger partial charge on any atom is 0.359 e. The van der Waals surface area contributed by atoms with Crippen LogP contribution in [0, 0.1) is 11.6 Å². The molecule has 6 nitrogen and oxygen atoms in total. The van der Waals surface area contributed by atoms with Crippen molar-refractivity contribution < 1.29 is 22.8 Å². The Bertz CT molecular complexity index is 992. The minimum Gasteiger partial charge on any atom is -0.422 e. The Labute approximate surface area is 159 Å². The van der Waals surface area contributed by atoms with Crippen LogP contribution in [-0.2, 0) is 0 Å². The van der Waals surface area contributed by atoms with Crippen LogP contribution in [0.4, 0.5) is 8.78 Å². The van der Waals surface area contributed by atoms with Crippen LogP contribution in [0.3, 0.4) is 0 Å². The lowest BCUT2D eigenvalue weighted by molar-refractivity contribution is 0.0695. The Morgan fingerprint density at radius 1 is 1.14 bits per heavy atom. The quantitative estimate of drug-likeness (QED) is 0.675. The Balaban J connectivity index is 1.45. The maximum atomic E-state index is 13.4. The van der Waals surface area contributed by atoms with Gasteiger partial charge in [-0.25, -0.2) is 8.78 Å². The van der Waals surface area contributed by atoms with Crippen molar-refractivity contribution in [3.05, 3.63) is 71.6 Å². The van der Waals surface area contributed by atoms with Gasteiger partial charge in [-0.1, -0.05) is 12.1 Å². The number of carbonyl (C=O) groups is 1. The van der Waals surface area contributed by atoms with E-state index in [1.165, 1.54) is 36.4 Å². The number of likely N-dealkylation sites (tertiary alicyclic amines) is 1. The molecule has 144 valence electrons. The molecule has 0 radical (unpaired) electrons. The number of piperidine rings is 1. The predicted octanol–water partition coefficient (Wildman–Crippen LogP) is 4.16. The molecule has 0 N–H and O–H groups in total. The standard InChI is InChI=1S/C20H17F2N3O3/c21-15-6-1-4-13(10-15)19(26)25-9-3-5-14(12-25)18-23-20(24-28-18)27-17-8-2-7-16(22)11-17/h1-2,4,6-8,10-11,14H,3,5,9,12H2/t14-/m0/s1. The molecule has 1 aliphatic rings. The van der Waals surface area contributed by atoms with Crippen molar-refractivity contribution in [2.75, 3.05) is 13.1 Å². The van der Waals surface area contributed by atoms with E-state index in [9.17, 15) is 13.6 Å². The van der Waals surface area contributed by atoms with Crippen LogP contribution >= 0.6 is 0 Å². The minimum absolute atomic E-state index is 0.0193. The summed E-state index contributed by atoms with van der Waals surface area (Å²) in [6.45, 7) is 0.962. The lowest BCUT2D eigenvalue weighted by Gasteiger charge is -2.31. The summed E-state index contributed by atoms with van der Waals surface area (Å²) in [4.78, 5) is 18.5. The minimum atomic E-state index is -0.449. The van der Waals surface area contributed by atoms with Gasteiger partial charge in [0.05, 0.1) is 5.92 Å². The number of benzene rings is 2. The second kappa shape index (κ2) is 7.75. The van der Waals surface area contributed by atoms with Crippen LogP contribution in [0.25, 0.3) is 0 Å². The zero-order valence-corrected chi connectivity index (χ0v) is 14.8. The smallest absolute Gasteiger partial charge is 0.359 e. The van der Waals surface area contributed by atoms with Gasteiger partial charge in [0.15, 0.2) is 0 Å². The molecule has 1 aliphatic heterocycles. The van der Waals surface area contributed by atoms with E-state index in [0.29, 0.717) is 24.5 Å². The fourth-order valence-corrected chi connectivity index (χ4v) is 3.23. The van der Waals surface area contributed by atoms with Gasteiger partial charge < -0.3 is 14.2 Å². The Hall–Kier alpha value is -3.29. The van der Waals surface area contributed by atoms with Crippen LogP contribution in [-0.4, -0.2) is 34.0 Å². The monoisotopic (exact) mass is 385 g/mol. The van der Waals surface area contributed by atoms with Crippen LogP contribution in [0.2, 0.25) is 0 Å². The molecule has 1 aromatic heterocycles. The van der Waals surface area contributed by atoms with Crippen molar-refractivity contribution in [2.24, 2.45) is 0 Å². The fourth-order valence-electron chi connectivity index (χ4n) is 3.23. The van der Waals surface area contributed by atoms with E-state index < -0.39 is 11.6 Å². The van der Waals surface area contributed by atoms with Gasteiger partial charge in [0, 0.05) is 24.7 Å². The number of carbonyl (C=O) groups excluding carboxylic acids is 1. The van der Waals surface area contributed by atoms with E-state index in [4.69, 9.17) is 9.26 Å². The molecule has 28 heavy (non-hydrogen) atoms. The van der Waals surface area contributed by atoms with Gasteiger partial charge in [0.1, 0.15) is 17.4 Å². The third-order valence-corrected chi connectivity index (χ3v) is 4.56. The molecule has 1 amide bonds. The Morgan fingerprint density at radius 2 is 1.93 bits per heavy atom. The predicted molar refractivity (Wildman–Crippen MR) is 95.1 cm³/mol. The van der Waals surface area contributed by atoms with Crippen molar-refractivity contribution in [1.29, 1.82) is 0 Å². The molecule has 1 fully saturated rings. The molecular formula is C20H17F2N3O3. The molecule has 2 aromatic carbocycles. The lowest BCUT2D eigenvalue weighted by atomic mass is 9.97. The number of rotatable bonds is 4. The van der Waals surface area contributed by atoms with Crippen molar-refractivity contribution in [2.45, 2.75) is 18.8 Å². The molecule has 0 unspecified atom stereocenters. The Kier molecular flexibility index (Phi) is 5.01. The van der Waals surface area contributed by atoms with Crippen molar-refractivity contribution in [1.82, 2.24) is 15.0 Å². The normalized spacial score (nSPS) is 16.8. The molecule has 1 saturated heterocycles. The molecule has 3 aromatic rings. The van der Waals surface area contributed by atoms with Gasteiger partial charge in [-0.15, -0.1) is 0 Å². The number of halogens is 2. The third-order valence-electron chi connectivity index (χ3n) is 4.56. The summed E-state index contributed by atoms with van der Waals surface area (Å²) in [6.07, 6.45) is 1.53. The van der Waals surface area contributed by atoms with Gasteiger partial charge in [0.2, 0.25) is 5.89 Å². The number of aromatic nitrogens is 2. The topological polar surface area (TPSA) is 68.5 Å². The summed E-state index contributed by atoms with van der Waals surface area (Å²) in [5, 5.41) is 3.77. The van der Waals surface area contributed by atoms with Gasteiger partial charge in [0.25, 0.3) is 5.91 Å². The first-order chi connectivity index (χ1) is 13.6. The SMILES string of the molecule is O=C(c1cccc(F)c1)N1CCC[C@H](c2nc(Oc3cccc(F)c3)no2)C1. The van der Waals surface area contributed by atoms with Gasteiger partial charge >= 0.3 is 6.01 Å². The van der Waals surface area contributed by atoms with E-state index in [1.54, 1.807) is 17.0 Å². The fraction of sp³-hybridized carbons (Fsp3) is 0.250. The molecule has 2 heterocycles. The van der Waals surface area contributed by atoms with Crippen LogP contribution in [0.15, 0.2) is 53.1 Å². The zero-order chi connectivity index (χ0) is 19.5. The second-order valence-electron chi connectivity index (χ2n) is 6.58. The van der Waals surface area contributed by atoms with Gasteiger partial charge in [-0.2, -0.15) is 4.98 Å². The highest BCUT2D eigenvalue weighted by Crippen LogP contribution is 2.29. The molecule has 0 bridgehead atoms. The Morgan fingerprint density at radius 3 is 2.71 bits per heavy atom.